The van der Waals surface area contributed by atoms with Crippen molar-refractivity contribution in [2.45, 2.75) is 26.8 Å². The number of aromatic nitrogens is 1. The molecule has 0 fully saturated rings. The quantitative estimate of drug-likeness (QED) is 0.832. The molecule has 0 saturated carbocycles. The lowest BCUT2D eigenvalue weighted by Gasteiger charge is -2.09. The van der Waals surface area contributed by atoms with Crippen molar-refractivity contribution in [3.63, 3.8) is 0 Å². The van der Waals surface area contributed by atoms with Crippen LogP contribution in [0.25, 0.3) is 0 Å². The molecule has 2 N–H and O–H groups in total. The minimum Gasteiger partial charge on any atom is -0.481 e. The van der Waals surface area contributed by atoms with E-state index < -0.39 is 11.9 Å². The van der Waals surface area contributed by atoms with Gasteiger partial charge in [-0.05, 0) is 19.4 Å². The third kappa shape index (κ3) is 3.77. The molecule has 0 aromatic carbocycles. The SMILES string of the molecule is CCn1cc(Cl)cc1C(=O)NCCC(C)C(=O)O. The van der Waals surface area contributed by atoms with Crippen LogP contribution in [0.5, 0.6) is 0 Å². The van der Waals surface area contributed by atoms with E-state index in [2.05, 4.69) is 5.32 Å². The molecule has 1 aromatic rings. The Morgan fingerprint density at radius 1 is 1.56 bits per heavy atom. The number of carbonyl (C=O) groups excluding carboxylic acids is 1. The summed E-state index contributed by atoms with van der Waals surface area (Å²) in [5, 5.41) is 11.9. The number of hydrogen-bond acceptors (Lipinski definition) is 2. The van der Waals surface area contributed by atoms with E-state index in [9.17, 15) is 9.59 Å². The number of nitrogens with one attached hydrogen (secondary N) is 1. The van der Waals surface area contributed by atoms with Gasteiger partial charge in [-0.1, -0.05) is 18.5 Å². The van der Waals surface area contributed by atoms with Crippen LogP contribution >= 0.6 is 11.6 Å². The van der Waals surface area contributed by atoms with E-state index in [4.69, 9.17) is 16.7 Å². The topological polar surface area (TPSA) is 71.3 Å². The van der Waals surface area contributed by atoms with Crippen LogP contribution in [0.4, 0.5) is 0 Å². The van der Waals surface area contributed by atoms with Gasteiger partial charge in [-0.3, -0.25) is 9.59 Å². The van der Waals surface area contributed by atoms with Crippen LogP contribution in [0.2, 0.25) is 5.02 Å². The third-order valence-electron chi connectivity index (χ3n) is 2.72. The average Bonchev–Trinajstić information content (AvgIpc) is 2.70. The monoisotopic (exact) mass is 272 g/mol. The van der Waals surface area contributed by atoms with Crippen molar-refractivity contribution in [2.75, 3.05) is 6.54 Å². The van der Waals surface area contributed by atoms with Crippen molar-refractivity contribution in [2.24, 2.45) is 5.92 Å². The van der Waals surface area contributed by atoms with Crippen molar-refractivity contribution in [1.29, 1.82) is 0 Å². The van der Waals surface area contributed by atoms with Gasteiger partial charge < -0.3 is 15.0 Å². The Balaban J connectivity index is 2.52. The molecular formula is C12H17ClN2O3. The summed E-state index contributed by atoms with van der Waals surface area (Å²) in [6, 6.07) is 1.60. The number of carboxylic acids is 1. The summed E-state index contributed by atoms with van der Waals surface area (Å²) in [5.41, 5.74) is 0.491. The van der Waals surface area contributed by atoms with Gasteiger partial charge in [0.1, 0.15) is 5.69 Å². The highest BCUT2D eigenvalue weighted by Crippen LogP contribution is 2.14. The van der Waals surface area contributed by atoms with Crippen LogP contribution in [0.1, 0.15) is 30.8 Å². The molecule has 1 atom stereocenters. The molecule has 6 heteroatoms. The van der Waals surface area contributed by atoms with E-state index >= 15 is 0 Å². The summed E-state index contributed by atoms with van der Waals surface area (Å²) in [6.45, 7) is 4.51. The van der Waals surface area contributed by atoms with E-state index in [1.807, 2.05) is 6.92 Å². The van der Waals surface area contributed by atoms with Crippen molar-refractivity contribution < 1.29 is 14.7 Å². The van der Waals surface area contributed by atoms with Crippen molar-refractivity contribution in [3.8, 4) is 0 Å². The molecule has 5 nitrogen and oxygen atoms in total. The third-order valence-corrected chi connectivity index (χ3v) is 2.93. The maximum atomic E-state index is 11.9. The van der Waals surface area contributed by atoms with Gasteiger partial charge >= 0.3 is 5.97 Å². The first-order chi connectivity index (χ1) is 8.45. The Hall–Kier alpha value is -1.49. The molecule has 0 spiro atoms. The highest BCUT2D eigenvalue weighted by molar-refractivity contribution is 6.31. The van der Waals surface area contributed by atoms with Gasteiger partial charge in [0.05, 0.1) is 10.9 Å². The summed E-state index contributed by atoms with van der Waals surface area (Å²) in [7, 11) is 0. The Morgan fingerprint density at radius 2 is 2.22 bits per heavy atom. The second-order valence-corrected chi connectivity index (χ2v) is 4.55. The van der Waals surface area contributed by atoms with Gasteiger partial charge in [0.25, 0.3) is 5.91 Å². The lowest BCUT2D eigenvalue weighted by Crippen LogP contribution is -2.28. The Labute approximate surface area is 111 Å². The summed E-state index contributed by atoms with van der Waals surface area (Å²) in [5.74, 6) is -1.56. The first-order valence-corrected chi connectivity index (χ1v) is 6.20. The number of hydrogen-bond donors (Lipinski definition) is 2. The molecule has 1 rings (SSSR count). The normalized spacial score (nSPS) is 12.2. The predicted octanol–water partition coefficient (Wildman–Crippen LogP) is 2.00. The first-order valence-electron chi connectivity index (χ1n) is 5.82. The van der Waals surface area contributed by atoms with Crippen LogP contribution in [-0.4, -0.2) is 28.1 Å². The molecule has 18 heavy (non-hydrogen) atoms. The van der Waals surface area contributed by atoms with Crippen molar-refractivity contribution in [1.82, 2.24) is 9.88 Å². The first kappa shape index (κ1) is 14.6. The number of carbonyl (C=O) groups is 2. The van der Waals surface area contributed by atoms with Crippen LogP contribution in [0, 0.1) is 5.92 Å². The molecule has 0 bridgehead atoms. The lowest BCUT2D eigenvalue weighted by molar-refractivity contribution is -0.141. The maximum absolute atomic E-state index is 11.9. The Kier molecular flexibility index (Phi) is 5.22. The predicted molar refractivity (Wildman–Crippen MR) is 68.9 cm³/mol. The van der Waals surface area contributed by atoms with Gasteiger partial charge in [-0.15, -0.1) is 0 Å². The number of aryl methyl sites for hydroxylation is 1. The molecule has 0 radical (unpaired) electrons. The fraction of sp³-hybridized carbons (Fsp3) is 0.500. The number of rotatable bonds is 6. The molecular weight excluding hydrogens is 256 g/mol. The van der Waals surface area contributed by atoms with Crippen molar-refractivity contribution in [3.05, 3.63) is 23.0 Å². The lowest BCUT2D eigenvalue weighted by atomic mass is 10.1. The zero-order chi connectivity index (χ0) is 13.7. The molecule has 100 valence electrons. The smallest absolute Gasteiger partial charge is 0.306 e. The number of aliphatic carboxylic acids is 1. The maximum Gasteiger partial charge on any atom is 0.306 e. The van der Waals surface area contributed by atoms with Crippen LogP contribution < -0.4 is 5.32 Å². The molecule has 1 unspecified atom stereocenters. The second-order valence-electron chi connectivity index (χ2n) is 4.11. The van der Waals surface area contributed by atoms with Crippen molar-refractivity contribution >= 4 is 23.5 Å². The zero-order valence-corrected chi connectivity index (χ0v) is 11.2. The standard InChI is InChI=1S/C12H17ClN2O3/c1-3-15-7-9(13)6-10(15)11(16)14-5-4-8(2)12(17)18/h6-8H,3-5H2,1-2H3,(H,14,16)(H,17,18). The van der Waals surface area contributed by atoms with Gasteiger partial charge in [-0.25, -0.2) is 0 Å². The number of nitrogens with zero attached hydrogens (tertiary/aromatic N) is 1. The van der Waals surface area contributed by atoms with Crippen LogP contribution in [-0.2, 0) is 11.3 Å². The molecule has 1 heterocycles. The molecule has 0 aliphatic carbocycles. The number of amides is 1. The fourth-order valence-electron chi connectivity index (χ4n) is 1.54. The number of carboxylic acid groups (broad SMARTS) is 1. The summed E-state index contributed by atoms with van der Waals surface area (Å²) < 4.78 is 1.75. The minimum absolute atomic E-state index is 0.235. The van der Waals surface area contributed by atoms with Crippen LogP contribution in [0.15, 0.2) is 12.3 Å². The summed E-state index contributed by atoms with van der Waals surface area (Å²) in [4.78, 5) is 22.5. The molecule has 1 aromatic heterocycles. The Morgan fingerprint density at radius 3 is 2.78 bits per heavy atom. The van der Waals surface area contributed by atoms with Gasteiger partial charge in [0, 0.05) is 19.3 Å². The largest absolute Gasteiger partial charge is 0.481 e. The zero-order valence-electron chi connectivity index (χ0n) is 10.4. The van der Waals surface area contributed by atoms with E-state index in [-0.39, 0.29) is 5.91 Å². The fourth-order valence-corrected chi connectivity index (χ4v) is 1.76. The highest BCUT2D eigenvalue weighted by Gasteiger charge is 2.14. The molecule has 0 aliphatic heterocycles. The van der Waals surface area contributed by atoms with Gasteiger partial charge in [0.15, 0.2) is 0 Å². The average molecular weight is 273 g/mol. The van der Waals surface area contributed by atoms with Crippen LogP contribution in [0.3, 0.4) is 0 Å². The minimum atomic E-state index is -0.857. The van der Waals surface area contributed by atoms with E-state index in [0.717, 1.165) is 0 Å². The number of halogens is 1. The molecule has 0 saturated heterocycles. The molecule has 1 amide bonds. The highest BCUT2D eigenvalue weighted by atomic mass is 35.5. The van der Waals surface area contributed by atoms with Gasteiger partial charge in [0.2, 0.25) is 0 Å². The van der Waals surface area contributed by atoms with E-state index in [0.29, 0.717) is 30.2 Å². The van der Waals surface area contributed by atoms with Gasteiger partial charge in [-0.2, -0.15) is 0 Å². The Bertz CT molecular complexity index is 443. The van der Waals surface area contributed by atoms with E-state index in [1.165, 1.54) is 0 Å². The second kappa shape index (κ2) is 6.44. The summed E-state index contributed by atoms with van der Waals surface area (Å²) in [6.07, 6.45) is 2.10. The van der Waals surface area contributed by atoms with E-state index in [1.54, 1.807) is 23.8 Å². The summed E-state index contributed by atoms with van der Waals surface area (Å²) >= 11 is 5.84. The molecule has 0 aliphatic rings.